The molecule has 176 valence electrons. The van der Waals surface area contributed by atoms with E-state index in [1.807, 2.05) is 25.1 Å². The van der Waals surface area contributed by atoms with E-state index in [4.69, 9.17) is 14.2 Å². The molecule has 0 unspecified atom stereocenters. The molecule has 0 aliphatic rings. The third kappa shape index (κ3) is 6.82. The average Bonchev–Trinajstić information content (AvgIpc) is 2.83. The Labute approximate surface area is 206 Å². The third-order valence-corrected chi connectivity index (χ3v) is 5.24. The number of amides is 2. The lowest BCUT2D eigenvalue weighted by Crippen LogP contribution is -2.32. The summed E-state index contributed by atoms with van der Waals surface area (Å²) in [6.07, 6.45) is 1.40. The Bertz CT molecular complexity index is 1200. The third-order valence-electron chi connectivity index (χ3n) is 4.65. The predicted molar refractivity (Wildman–Crippen MR) is 134 cm³/mol. The number of halogens is 1. The second-order valence-corrected chi connectivity index (χ2v) is 8.05. The van der Waals surface area contributed by atoms with Crippen LogP contribution in [0.1, 0.15) is 16.7 Å². The maximum Gasteiger partial charge on any atom is 0.329 e. The molecule has 0 heterocycles. The average molecular weight is 526 g/mol. The summed E-state index contributed by atoms with van der Waals surface area (Å²) in [7, 11) is 3.08. The van der Waals surface area contributed by atoms with Gasteiger partial charge in [0.05, 0.1) is 24.9 Å². The number of hydrazone groups is 1. The molecule has 0 aliphatic heterocycles. The van der Waals surface area contributed by atoms with Gasteiger partial charge in [-0.1, -0.05) is 29.8 Å². The molecule has 2 amide bonds. The van der Waals surface area contributed by atoms with Crippen molar-refractivity contribution in [2.24, 2.45) is 5.10 Å². The lowest BCUT2D eigenvalue weighted by molar-refractivity contribution is -0.136. The Morgan fingerprint density at radius 3 is 2.44 bits per heavy atom. The Balaban J connectivity index is 1.60. The van der Waals surface area contributed by atoms with E-state index in [0.29, 0.717) is 39.6 Å². The van der Waals surface area contributed by atoms with Crippen molar-refractivity contribution in [1.29, 1.82) is 0 Å². The highest BCUT2D eigenvalue weighted by molar-refractivity contribution is 9.10. The van der Waals surface area contributed by atoms with Gasteiger partial charge in [-0.15, -0.1) is 0 Å². The lowest BCUT2D eigenvalue weighted by Gasteiger charge is -2.14. The summed E-state index contributed by atoms with van der Waals surface area (Å²) in [5, 5.41) is 6.34. The van der Waals surface area contributed by atoms with E-state index in [2.05, 4.69) is 37.8 Å². The van der Waals surface area contributed by atoms with Crippen LogP contribution >= 0.6 is 15.9 Å². The van der Waals surface area contributed by atoms with Crippen LogP contribution < -0.4 is 25.0 Å². The van der Waals surface area contributed by atoms with Gasteiger partial charge in [-0.05, 0) is 70.4 Å². The minimum atomic E-state index is -0.906. The van der Waals surface area contributed by atoms with Crippen LogP contribution in [0.4, 0.5) is 5.69 Å². The zero-order chi connectivity index (χ0) is 24.5. The number of hydrogen-bond acceptors (Lipinski definition) is 6. The Morgan fingerprint density at radius 1 is 1.00 bits per heavy atom. The van der Waals surface area contributed by atoms with Gasteiger partial charge in [0, 0.05) is 5.69 Å². The van der Waals surface area contributed by atoms with Crippen molar-refractivity contribution < 1.29 is 23.8 Å². The number of carbonyl (C=O) groups is 2. The smallest absolute Gasteiger partial charge is 0.329 e. The standard InChI is InChI=1S/C25H24BrN3O5/c1-16-5-4-6-17(11-16)15-34-23-21(26)12-18(13-22(23)33-3)14-27-29-25(31)24(30)28-19-7-9-20(32-2)10-8-19/h4-14H,15H2,1-3H3,(H,28,30)(H,29,31)/b27-14+. The maximum atomic E-state index is 12.0. The molecule has 0 fully saturated rings. The Hall–Kier alpha value is -3.85. The summed E-state index contributed by atoms with van der Waals surface area (Å²) < 4.78 is 17.1. The summed E-state index contributed by atoms with van der Waals surface area (Å²) in [4.78, 5) is 24.1. The molecule has 0 atom stereocenters. The van der Waals surface area contributed by atoms with E-state index in [1.165, 1.54) is 13.3 Å². The lowest BCUT2D eigenvalue weighted by atomic mass is 10.1. The molecular weight excluding hydrogens is 502 g/mol. The first-order valence-electron chi connectivity index (χ1n) is 10.2. The molecule has 3 aromatic rings. The van der Waals surface area contributed by atoms with E-state index in [-0.39, 0.29) is 0 Å². The molecular formula is C25H24BrN3O5. The number of anilines is 1. The second-order valence-electron chi connectivity index (χ2n) is 7.19. The fourth-order valence-electron chi connectivity index (χ4n) is 2.99. The van der Waals surface area contributed by atoms with Crippen molar-refractivity contribution >= 4 is 39.6 Å². The molecule has 34 heavy (non-hydrogen) atoms. The maximum absolute atomic E-state index is 12.0. The van der Waals surface area contributed by atoms with E-state index < -0.39 is 11.8 Å². The number of nitrogens with one attached hydrogen (secondary N) is 2. The SMILES string of the molecule is COc1ccc(NC(=O)C(=O)N/N=C/c2cc(Br)c(OCc3cccc(C)c3)c(OC)c2)cc1. The van der Waals surface area contributed by atoms with Crippen LogP contribution in [-0.2, 0) is 16.2 Å². The van der Waals surface area contributed by atoms with E-state index >= 15 is 0 Å². The number of ether oxygens (including phenoxy) is 3. The second kappa shape index (κ2) is 11.9. The van der Waals surface area contributed by atoms with E-state index in [0.717, 1.165) is 11.1 Å². The van der Waals surface area contributed by atoms with Crippen LogP contribution in [0.5, 0.6) is 17.2 Å². The molecule has 2 N–H and O–H groups in total. The summed E-state index contributed by atoms with van der Waals surface area (Å²) >= 11 is 3.49. The fraction of sp³-hybridized carbons (Fsp3) is 0.160. The number of rotatable bonds is 8. The zero-order valence-corrected chi connectivity index (χ0v) is 20.5. The highest BCUT2D eigenvalue weighted by Crippen LogP contribution is 2.36. The highest BCUT2D eigenvalue weighted by atomic mass is 79.9. The largest absolute Gasteiger partial charge is 0.497 e. The Morgan fingerprint density at radius 2 is 1.76 bits per heavy atom. The molecule has 9 heteroatoms. The number of benzene rings is 3. The van der Waals surface area contributed by atoms with Crippen molar-refractivity contribution in [3.05, 3.63) is 81.8 Å². The van der Waals surface area contributed by atoms with Crippen molar-refractivity contribution in [3.8, 4) is 17.2 Å². The quantitative estimate of drug-likeness (QED) is 0.257. The van der Waals surface area contributed by atoms with Gasteiger partial charge < -0.3 is 19.5 Å². The molecule has 0 aliphatic carbocycles. The van der Waals surface area contributed by atoms with Crippen LogP contribution in [0.15, 0.2) is 70.2 Å². The van der Waals surface area contributed by atoms with Gasteiger partial charge in [-0.3, -0.25) is 9.59 Å². The van der Waals surface area contributed by atoms with Gasteiger partial charge in [0.1, 0.15) is 12.4 Å². The minimum absolute atomic E-state index is 0.378. The van der Waals surface area contributed by atoms with Gasteiger partial charge in [-0.2, -0.15) is 5.10 Å². The van der Waals surface area contributed by atoms with Gasteiger partial charge >= 0.3 is 11.8 Å². The van der Waals surface area contributed by atoms with Crippen molar-refractivity contribution in [2.75, 3.05) is 19.5 Å². The molecule has 0 saturated heterocycles. The van der Waals surface area contributed by atoms with Gasteiger partial charge in [0.2, 0.25) is 0 Å². The van der Waals surface area contributed by atoms with Crippen LogP contribution in [-0.4, -0.2) is 32.2 Å². The fourth-order valence-corrected chi connectivity index (χ4v) is 3.56. The minimum Gasteiger partial charge on any atom is -0.497 e. The van der Waals surface area contributed by atoms with Crippen LogP contribution in [0.2, 0.25) is 0 Å². The first kappa shape index (κ1) is 24.8. The predicted octanol–water partition coefficient (Wildman–Crippen LogP) is 4.44. The molecule has 0 bridgehead atoms. The van der Waals surface area contributed by atoms with Crippen molar-refractivity contribution in [2.45, 2.75) is 13.5 Å². The zero-order valence-electron chi connectivity index (χ0n) is 18.9. The first-order chi connectivity index (χ1) is 16.4. The van der Waals surface area contributed by atoms with Crippen LogP contribution in [0.3, 0.4) is 0 Å². The summed E-state index contributed by atoms with van der Waals surface area (Å²) in [5.74, 6) is -0.0754. The monoisotopic (exact) mass is 525 g/mol. The molecule has 3 aromatic carbocycles. The number of nitrogens with zero attached hydrogens (tertiary/aromatic N) is 1. The van der Waals surface area contributed by atoms with Crippen molar-refractivity contribution in [1.82, 2.24) is 5.43 Å². The molecule has 0 saturated carbocycles. The van der Waals surface area contributed by atoms with Crippen molar-refractivity contribution in [3.63, 3.8) is 0 Å². The highest BCUT2D eigenvalue weighted by Gasteiger charge is 2.14. The first-order valence-corrected chi connectivity index (χ1v) is 11.0. The van der Waals surface area contributed by atoms with E-state index in [1.54, 1.807) is 43.5 Å². The summed E-state index contributed by atoms with van der Waals surface area (Å²) in [6, 6.07) is 18.1. The molecule has 0 spiro atoms. The van der Waals surface area contributed by atoms with Gasteiger partial charge in [0.15, 0.2) is 11.5 Å². The molecule has 8 nitrogen and oxygen atoms in total. The number of methoxy groups -OCH3 is 2. The molecule has 3 rings (SSSR count). The summed E-state index contributed by atoms with van der Waals surface area (Å²) in [6.45, 7) is 2.40. The molecule has 0 aromatic heterocycles. The van der Waals surface area contributed by atoms with Gasteiger partial charge in [-0.25, -0.2) is 5.43 Å². The topological polar surface area (TPSA) is 98.2 Å². The Kier molecular flexibility index (Phi) is 8.64. The number of carbonyl (C=O) groups excluding carboxylic acids is 2. The van der Waals surface area contributed by atoms with Crippen LogP contribution in [0.25, 0.3) is 0 Å². The summed E-state index contributed by atoms with van der Waals surface area (Å²) in [5.41, 5.74) is 5.48. The number of hydrogen-bond donors (Lipinski definition) is 2. The van der Waals surface area contributed by atoms with Gasteiger partial charge in [0.25, 0.3) is 0 Å². The van der Waals surface area contributed by atoms with E-state index in [9.17, 15) is 9.59 Å². The normalized spacial score (nSPS) is 10.6. The number of aryl methyl sites for hydroxylation is 1. The van der Waals surface area contributed by atoms with Crippen LogP contribution in [0, 0.1) is 6.92 Å². The molecule has 0 radical (unpaired) electrons.